The van der Waals surface area contributed by atoms with Crippen LogP contribution in [-0.2, 0) is 4.79 Å². The lowest BCUT2D eigenvalue weighted by Gasteiger charge is -2.31. The number of hydrogen-bond donors (Lipinski definition) is 2. The number of nitrogens with zero attached hydrogens (tertiary/aromatic N) is 1. The normalized spacial score (nSPS) is 19.3. The zero-order chi connectivity index (χ0) is 12.9. The standard InChI is InChI=1S/C10H18F3N3O/c1-14-8-2-4-16(5-3-8)6-9(17)15-7-10(11,12)13/h8,14H,2-7H2,1H3,(H,15,17). The van der Waals surface area contributed by atoms with Gasteiger partial charge in [0.2, 0.25) is 5.91 Å². The Morgan fingerprint density at radius 3 is 2.41 bits per heavy atom. The van der Waals surface area contributed by atoms with E-state index in [-0.39, 0.29) is 6.54 Å². The van der Waals surface area contributed by atoms with Gasteiger partial charge >= 0.3 is 6.18 Å². The number of alkyl halides is 3. The lowest BCUT2D eigenvalue weighted by Crippen LogP contribution is -2.46. The lowest BCUT2D eigenvalue weighted by molar-refractivity contribution is -0.139. The molecule has 1 heterocycles. The van der Waals surface area contributed by atoms with E-state index in [9.17, 15) is 18.0 Å². The second-order valence-electron chi connectivity index (χ2n) is 4.23. The number of halogens is 3. The number of nitrogens with one attached hydrogen (secondary N) is 2. The first-order valence-electron chi connectivity index (χ1n) is 5.64. The van der Waals surface area contributed by atoms with Crippen LogP contribution in [0.3, 0.4) is 0 Å². The molecule has 0 aliphatic carbocycles. The van der Waals surface area contributed by atoms with Crippen LogP contribution in [0.2, 0.25) is 0 Å². The molecule has 0 saturated carbocycles. The fourth-order valence-electron chi connectivity index (χ4n) is 1.84. The van der Waals surface area contributed by atoms with Crippen molar-refractivity contribution in [2.45, 2.75) is 25.1 Å². The lowest BCUT2D eigenvalue weighted by atomic mass is 10.1. The van der Waals surface area contributed by atoms with Crippen LogP contribution in [-0.4, -0.2) is 56.3 Å². The van der Waals surface area contributed by atoms with Crippen LogP contribution in [0.5, 0.6) is 0 Å². The zero-order valence-corrected chi connectivity index (χ0v) is 9.81. The van der Waals surface area contributed by atoms with E-state index in [1.807, 2.05) is 17.3 Å². The van der Waals surface area contributed by atoms with Gasteiger partial charge in [0.1, 0.15) is 6.54 Å². The minimum atomic E-state index is -4.34. The summed E-state index contributed by atoms with van der Waals surface area (Å²) in [7, 11) is 1.89. The molecular formula is C10H18F3N3O. The number of amides is 1. The Morgan fingerprint density at radius 1 is 1.35 bits per heavy atom. The topological polar surface area (TPSA) is 44.4 Å². The van der Waals surface area contributed by atoms with E-state index < -0.39 is 18.6 Å². The van der Waals surface area contributed by atoms with Gasteiger partial charge in [-0.1, -0.05) is 0 Å². The molecule has 100 valence electrons. The summed E-state index contributed by atoms with van der Waals surface area (Å²) < 4.78 is 35.6. The smallest absolute Gasteiger partial charge is 0.346 e. The van der Waals surface area contributed by atoms with Gasteiger partial charge in [-0.25, -0.2) is 0 Å². The van der Waals surface area contributed by atoms with Crippen molar-refractivity contribution in [1.82, 2.24) is 15.5 Å². The largest absolute Gasteiger partial charge is 0.405 e. The first-order chi connectivity index (χ1) is 7.90. The molecule has 1 rings (SSSR count). The Bertz CT molecular complexity index is 250. The number of hydrogen-bond acceptors (Lipinski definition) is 3. The Hall–Kier alpha value is -0.820. The molecule has 1 fully saturated rings. The van der Waals surface area contributed by atoms with Gasteiger partial charge in [-0.05, 0) is 19.9 Å². The van der Waals surface area contributed by atoms with E-state index in [0.29, 0.717) is 6.04 Å². The monoisotopic (exact) mass is 253 g/mol. The first kappa shape index (κ1) is 14.2. The predicted octanol–water partition coefficient (Wildman–Crippen LogP) is 0.349. The van der Waals surface area contributed by atoms with Gasteiger partial charge in [-0.15, -0.1) is 0 Å². The van der Waals surface area contributed by atoms with Gasteiger partial charge < -0.3 is 10.6 Å². The molecule has 1 saturated heterocycles. The van der Waals surface area contributed by atoms with Gasteiger partial charge in [0.25, 0.3) is 0 Å². The molecule has 0 aromatic rings. The molecule has 17 heavy (non-hydrogen) atoms. The van der Waals surface area contributed by atoms with Gasteiger partial charge in [0, 0.05) is 19.1 Å². The second kappa shape index (κ2) is 6.20. The maximum atomic E-state index is 11.9. The van der Waals surface area contributed by atoms with Gasteiger partial charge in [-0.3, -0.25) is 9.69 Å². The van der Waals surface area contributed by atoms with Crippen molar-refractivity contribution in [3.05, 3.63) is 0 Å². The van der Waals surface area contributed by atoms with Crippen LogP contribution in [0.15, 0.2) is 0 Å². The van der Waals surface area contributed by atoms with Crippen LogP contribution in [0.4, 0.5) is 13.2 Å². The maximum absolute atomic E-state index is 11.9. The summed E-state index contributed by atoms with van der Waals surface area (Å²) in [6.45, 7) is 0.279. The van der Waals surface area contributed by atoms with Crippen molar-refractivity contribution in [3.63, 3.8) is 0 Å². The fraction of sp³-hybridized carbons (Fsp3) is 0.900. The zero-order valence-electron chi connectivity index (χ0n) is 9.81. The summed E-state index contributed by atoms with van der Waals surface area (Å²) in [5.74, 6) is -0.565. The number of piperidine rings is 1. The second-order valence-corrected chi connectivity index (χ2v) is 4.23. The molecule has 1 amide bonds. The summed E-state index contributed by atoms with van der Waals surface area (Å²) >= 11 is 0. The molecule has 0 spiro atoms. The molecule has 2 N–H and O–H groups in total. The minimum absolute atomic E-state index is 0.0481. The van der Waals surface area contributed by atoms with Crippen molar-refractivity contribution in [1.29, 1.82) is 0 Å². The van der Waals surface area contributed by atoms with Gasteiger partial charge in [-0.2, -0.15) is 13.2 Å². The molecule has 0 aromatic carbocycles. The Labute approximate surface area is 98.5 Å². The summed E-state index contributed by atoms with van der Waals surface area (Å²) in [6.07, 6.45) is -2.50. The van der Waals surface area contributed by atoms with Crippen molar-refractivity contribution in [3.8, 4) is 0 Å². The third kappa shape index (κ3) is 5.88. The highest BCUT2D eigenvalue weighted by Crippen LogP contribution is 2.12. The van der Waals surface area contributed by atoms with Crippen LogP contribution in [0.25, 0.3) is 0 Å². The van der Waals surface area contributed by atoms with Crippen LogP contribution in [0.1, 0.15) is 12.8 Å². The van der Waals surface area contributed by atoms with Crippen molar-refractivity contribution < 1.29 is 18.0 Å². The number of rotatable bonds is 4. The van der Waals surface area contributed by atoms with Crippen molar-refractivity contribution in [2.75, 3.05) is 33.2 Å². The Kier molecular flexibility index (Phi) is 5.20. The van der Waals surface area contributed by atoms with Gasteiger partial charge in [0.05, 0.1) is 6.54 Å². The van der Waals surface area contributed by atoms with E-state index in [0.717, 1.165) is 25.9 Å². The molecule has 0 aromatic heterocycles. The number of carbonyl (C=O) groups is 1. The molecule has 0 bridgehead atoms. The average Bonchev–Trinajstić information content (AvgIpc) is 2.27. The van der Waals surface area contributed by atoms with E-state index in [4.69, 9.17) is 0 Å². The highest BCUT2D eigenvalue weighted by molar-refractivity contribution is 5.78. The molecular weight excluding hydrogens is 235 g/mol. The quantitative estimate of drug-likeness (QED) is 0.760. The minimum Gasteiger partial charge on any atom is -0.346 e. The number of likely N-dealkylation sites (tertiary alicyclic amines) is 1. The first-order valence-corrected chi connectivity index (χ1v) is 5.64. The highest BCUT2D eigenvalue weighted by atomic mass is 19.4. The van der Waals surface area contributed by atoms with Crippen LogP contribution >= 0.6 is 0 Å². The number of carbonyl (C=O) groups excluding carboxylic acids is 1. The van der Waals surface area contributed by atoms with E-state index in [1.54, 1.807) is 0 Å². The summed E-state index contributed by atoms with van der Waals surface area (Å²) in [5, 5.41) is 5.02. The summed E-state index contributed by atoms with van der Waals surface area (Å²) in [5.41, 5.74) is 0. The molecule has 1 aliphatic heterocycles. The molecule has 7 heteroatoms. The van der Waals surface area contributed by atoms with E-state index >= 15 is 0 Å². The fourth-order valence-corrected chi connectivity index (χ4v) is 1.84. The van der Waals surface area contributed by atoms with Crippen LogP contribution < -0.4 is 10.6 Å². The summed E-state index contributed by atoms with van der Waals surface area (Å²) in [4.78, 5) is 13.1. The molecule has 4 nitrogen and oxygen atoms in total. The maximum Gasteiger partial charge on any atom is 0.405 e. The Balaban J connectivity index is 2.19. The highest BCUT2D eigenvalue weighted by Gasteiger charge is 2.28. The van der Waals surface area contributed by atoms with Crippen LogP contribution in [0, 0.1) is 0 Å². The predicted molar refractivity (Wildman–Crippen MR) is 57.6 cm³/mol. The molecule has 0 atom stereocenters. The average molecular weight is 253 g/mol. The third-order valence-electron chi connectivity index (χ3n) is 2.85. The summed E-state index contributed by atoms with van der Waals surface area (Å²) in [6, 6.07) is 0.449. The molecule has 1 aliphatic rings. The van der Waals surface area contributed by atoms with Crippen molar-refractivity contribution >= 4 is 5.91 Å². The Morgan fingerprint density at radius 2 is 1.94 bits per heavy atom. The van der Waals surface area contributed by atoms with Gasteiger partial charge in [0.15, 0.2) is 0 Å². The van der Waals surface area contributed by atoms with E-state index in [2.05, 4.69) is 5.32 Å². The van der Waals surface area contributed by atoms with Crippen molar-refractivity contribution in [2.24, 2.45) is 0 Å². The van der Waals surface area contributed by atoms with E-state index in [1.165, 1.54) is 0 Å². The third-order valence-corrected chi connectivity index (χ3v) is 2.85. The molecule has 0 unspecified atom stereocenters. The molecule has 0 radical (unpaired) electrons. The SMILES string of the molecule is CNC1CCN(CC(=O)NCC(F)(F)F)CC1.